The molecule has 6 aromatic rings. The van der Waals surface area contributed by atoms with Gasteiger partial charge in [0.1, 0.15) is 39.5 Å². The molecule has 0 bridgehead atoms. The molecule has 8 rings (SSSR count). The maximum Gasteiger partial charge on any atom is 1.00 e. The van der Waals surface area contributed by atoms with Crippen LogP contribution < -0.4 is 28.3 Å². The van der Waals surface area contributed by atoms with Crippen molar-refractivity contribution in [2.45, 2.75) is 287 Å². The number of Topliss-reactive ketones (excluding diaryl/α,β-unsaturated/α-hetero) is 3. The largest absolute Gasteiger partial charge is 1.00 e. The van der Waals surface area contributed by atoms with Crippen molar-refractivity contribution in [2.24, 2.45) is 0 Å². The van der Waals surface area contributed by atoms with Gasteiger partial charge in [0.15, 0.2) is 29.6 Å². The zero-order valence-corrected chi connectivity index (χ0v) is 73.7. The van der Waals surface area contributed by atoms with E-state index in [-0.39, 0.29) is 112 Å². The van der Waals surface area contributed by atoms with Gasteiger partial charge < -0.3 is 49.5 Å². The molecule has 0 aromatic heterocycles. The Morgan fingerprint density at radius 2 is 0.690 bits per heavy atom. The number of likely N-dealkylation sites (tertiary alicyclic amines) is 2. The summed E-state index contributed by atoms with van der Waals surface area (Å²) in [5, 5.41) is 26.9. The number of amides is 2. The van der Waals surface area contributed by atoms with E-state index in [0.29, 0.717) is 121 Å². The van der Waals surface area contributed by atoms with Crippen LogP contribution in [0.4, 0.5) is 13.2 Å². The van der Waals surface area contributed by atoms with Crippen molar-refractivity contribution in [3.05, 3.63) is 192 Å². The van der Waals surface area contributed by atoms with E-state index in [1.807, 2.05) is 102 Å². The first-order chi connectivity index (χ1) is 54.3. The Morgan fingerprint density at radius 3 is 1.01 bits per heavy atom. The number of ketones is 3. The molecule has 2 aliphatic rings. The van der Waals surface area contributed by atoms with E-state index in [1.165, 1.54) is 11.6 Å². The van der Waals surface area contributed by atoms with E-state index >= 15 is 8.78 Å². The predicted octanol–water partition coefficient (Wildman–Crippen LogP) is 18.0. The van der Waals surface area contributed by atoms with Crippen LogP contribution in [0.3, 0.4) is 0 Å². The summed E-state index contributed by atoms with van der Waals surface area (Å²) < 4.78 is 68.8. The summed E-state index contributed by atoms with van der Waals surface area (Å²) in [6.07, 6.45) is 7.69. The standard InChI is InChI=1S/C33H44FNO5.C26H33FO4.C18H24BrNO3.C15H21FO2.CH4O.Li.H2O/c1-7-12-25-20-27(28(36)9-3)29(34)26(13-8-2)30(25)40-31(24-16-14-23(15-17-24)21(4)5)33(38)39-22(6)32(37)35-18-10-11-19-35;1-6-9-19-15-21(22(28)8-3)23(27)20(10-7-2)24(19)31-25(26(29)30)18-13-11-17(12-14-18)16(4)5;1-12(2)14-6-8-15(9-7-14)16(19)18(22)23-13(3)17(21)20-10-4-5-11-20;1-4-7-10-9-12(13(17)6-3)14(16)11(8-5-2)15(10)18;1-2;;/h14-17,20-22,31H,7-13,18-19H2,1-6H3;11-16,25H,6-10H2,1-5H3,(H,29,30);6-9,12-13,16H,4-5,10-11H2,1-3H3;9,18H,4-8H2,1-3H3;2H,1H3;;1H2/q;;;;;+1;/p-1/t22-,31?;;13-,16?;;;;/m1.1..../s1. The number of aromatic hydroxyl groups is 1. The molecule has 0 spiro atoms. The number of carboxylic acids is 1. The van der Waals surface area contributed by atoms with Crippen LogP contribution in [0.2, 0.25) is 0 Å². The van der Waals surface area contributed by atoms with Crippen LogP contribution in [0.15, 0.2) is 91.0 Å². The quantitative estimate of drug-likeness (QED) is 0.0144. The second kappa shape index (κ2) is 52.6. The van der Waals surface area contributed by atoms with Crippen molar-refractivity contribution in [1.29, 1.82) is 0 Å². The fraction of sp³-hybridized carbons (Fsp3) is 0.527. The minimum absolute atomic E-state index is 0. The van der Waals surface area contributed by atoms with Crippen molar-refractivity contribution in [3.63, 3.8) is 0 Å². The normalized spacial score (nSPS) is 13.4. The molecule has 3 unspecified atom stereocenters. The van der Waals surface area contributed by atoms with Crippen molar-refractivity contribution in [1.82, 2.24) is 9.80 Å². The Kier molecular flexibility index (Phi) is 47.2. The molecular formula is C93H127BrF3LiN2O16. The number of hydrogen-bond donors (Lipinski definition) is 3. The summed E-state index contributed by atoms with van der Waals surface area (Å²) in [6, 6.07) is 27.3. The van der Waals surface area contributed by atoms with Gasteiger partial charge in [-0.15, -0.1) is 0 Å². The molecule has 18 nitrogen and oxygen atoms in total. The minimum atomic E-state index is -1.26. The Hall–Kier alpha value is -8.13. The van der Waals surface area contributed by atoms with Gasteiger partial charge in [-0.05, 0) is 153 Å². The molecule has 4 N–H and O–H groups in total. The number of alkyl halides is 1. The average Bonchev–Trinajstić information content (AvgIpc) is 0.974. The zero-order chi connectivity index (χ0) is 85.2. The number of esters is 2. The predicted molar refractivity (Wildman–Crippen MR) is 449 cm³/mol. The molecule has 6 aromatic carbocycles. The van der Waals surface area contributed by atoms with Gasteiger partial charge in [0.2, 0.25) is 12.2 Å². The van der Waals surface area contributed by atoms with E-state index in [4.69, 9.17) is 24.1 Å². The molecule has 0 radical (unpaired) electrons. The topological polar surface area (TPSA) is 271 Å². The SMILES string of the molecule is CC(C)c1ccc(C(Br)C(=O)O[C@H](C)C(=O)N2CCCC2)cc1.CCCc1cc(C(=O)CC)c(F)c(CCC)c1O.CCCc1cc(C(=O)CC)c(F)c(CCC)c1OC(C(=O)O)c1ccc(C(C)C)cc1.CCCc1cc(C(=O)CC)c(F)c(CCC)c1OC(C(=O)O[C@H](C)C(=O)N1CCCC1)c1ccc(C(C)C)cc1.CO.[Li+].[OH-]. The van der Waals surface area contributed by atoms with Gasteiger partial charge in [0.25, 0.3) is 11.8 Å². The number of phenols is 1. The fourth-order valence-electron chi connectivity index (χ4n) is 13.6. The fourth-order valence-corrected chi connectivity index (χ4v) is 14.0. The third-order valence-corrected chi connectivity index (χ3v) is 20.9. The van der Waals surface area contributed by atoms with Gasteiger partial charge in [0, 0.05) is 80.4 Å². The maximum absolute atomic E-state index is 15.8. The Balaban J connectivity index is 0.000000538. The number of ether oxygens (including phenoxy) is 4. The van der Waals surface area contributed by atoms with E-state index in [9.17, 15) is 53.0 Å². The number of carbonyl (C=O) groups excluding carboxylic acids is 7. The van der Waals surface area contributed by atoms with E-state index in [0.717, 1.165) is 88.3 Å². The maximum atomic E-state index is 15.8. The molecule has 2 heterocycles. The number of carboxylic acid groups (broad SMARTS) is 1. The van der Waals surface area contributed by atoms with E-state index in [1.54, 1.807) is 68.7 Å². The molecule has 2 saturated heterocycles. The van der Waals surface area contributed by atoms with Gasteiger partial charge in [-0.2, -0.15) is 0 Å². The van der Waals surface area contributed by atoms with E-state index < -0.39 is 64.6 Å². The number of carbonyl (C=O) groups is 8. The number of aryl methyl sites for hydroxylation is 3. The summed E-state index contributed by atoms with van der Waals surface area (Å²) in [7, 11) is 1.00. The van der Waals surface area contributed by atoms with Crippen molar-refractivity contribution < 1.29 is 110 Å². The molecule has 2 amide bonds. The van der Waals surface area contributed by atoms with Gasteiger partial charge in [-0.1, -0.05) is 231 Å². The van der Waals surface area contributed by atoms with Gasteiger partial charge >= 0.3 is 36.8 Å². The second-order valence-electron chi connectivity index (χ2n) is 29.8. The molecule has 2 aliphatic heterocycles. The molecule has 0 aliphatic carbocycles. The third-order valence-electron chi connectivity index (χ3n) is 20.0. The van der Waals surface area contributed by atoms with Crippen LogP contribution in [-0.4, -0.2) is 123 Å². The number of aliphatic hydroxyl groups excluding tert-OH is 1. The number of rotatable bonds is 35. The molecule has 0 saturated carbocycles. The van der Waals surface area contributed by atoms with Crippen LogP contribution >= 0.6 is 15.9 Å². The summed E-state index contributed by atoms with van der Waals surface area (Å²) >= 11 is 3.37. The average molecular weight is 1670 g/mol. The van der Waals surface area contributed by atoms with Crippen LogP contribution in [0.25, 0.3) is 0 Å². The second-order valence-corrected chi connectivity index (χ2v) is 30.8. The van der Waals surface area contributed by atoms with Crippen LogP contribution in [-0.2, 0) is 72.0 Å². The Bertz CT molecular complexity index is 4120. The summed E-state index contributed by atoms with van der Waals surface area (Å²) in [4.78, 5) is 103. The molecule has 634 valence electrons. The van der Waals surface area contributed by atoms with Crippen molar-refractivity contribution in [2.75, 3.05) is 33.3 Å². The number of aliphatic hydroxyl groups is 1. The van der Waals surface area contributed by atoms with Gasteiger partial charge in [-0.3, -0.25) is 28.8 Å². The smallest absolute Gasteiger partial charge is 0.870 e. The number of benzene rings is 6. The van der Waals surface area contributed by atoms with Crippen LogP contribution in [0, 0.1) is 17.5 Å². The summed E-state index contributed by atoms with van der Waals surface area (Å²) in [5.41, 5.74) is 8.46. The molecule has 23 heteroatoms. The Labute approximate surface area is 707 Å². The van der Waals surface area contributed by atoms with Crippen LogP contribution in [0.5, 0.6) is 17.2 Å². The molecular weight excluding hydrogens is 1540 g/mol. The number of halogens is 4. The first-order valence-electron chi connectivity index (χ1n) is 41.1. The van der Waals surface area contributed by atoms with Gasteiger partial charge in [-0.25, -0.2) is 22.8 Å². The van der Waals surface area contributed by atoms with Crippen LogP contribution in [0.1, 0.15) is 334 Å². The molecule has 2 fully saturated rings. The summed E-state index contributed by atoms with van der Waals surface area (Å²) in [6.45, 7) is 35.4. The molecule has 116 heavy (non-hydrogen) atoms. The van der Waals surface area contributed by atoms with Crippen molar-refractivity contribution in [3.8, 4) is 17.2 Å². The minimum Gasteiger partial charge on any atom is -0.870 e. The molecule has 5 atom stereocenters. The number of hydrogen-bond acceptors (Lipinski definition) is 15. The zero-order valence-electron chi connectivity index (χ0n) is 72.1. The summed E-state index contributed by atoms with van der Waals surface area (Å²) in [5.74, 6) is -3.46. The monoisotopic (exact) mass is 1670 g/mol. The number of nitrogens with zero attached hydrogens (tertiary/aromatic N) is 2. The van der Waals surface area contributed by atoms with Gasteiger partial charge in [0.05, 0.1) is 16.7 Å². The third kappa shape index (κ3) is 29.1. The van der Waals surface area contributed by atoms with Crippen molar-refractivity contribution >= 4 is 63.0 Å². The number of aliphatic carboxylic acids is 1. The Morgan fingerprint density at radius 1 is 0.414 bits per heavy atom. The first-order valence-corrected chi connectivity index (χ1v) is 42.0. The first kappa shape index (κ1) is 104. The van der Waals surface area contributed by atoms with E-state index in [2.05, 4.69) is 57.5 Å². The number of phenolic OH excluding ortho intramolecular Hbond substituents is 1.